The van der Waals surface area contributed by atoms with Crippen molar-refractivity contribution in [3.05, 3.63) is 35.5 Å². The maximum absolute atomic E-state index is 10.8. The summed E-state index contributed by atoms with van der Waals surface area (Å²) in [5.41, 5.74) is 1.79. The van der Waals surface area contributed by atoms with Gasteiger partial charge in [0.1, 0.15) is 0 Å². The minimum absolute atomic E-state index is 0.428. The van der Waals surface area contributed by atoms with E-state index in [0.717, 1.165) is 19.3 Å². The number of aliphatic carboxylic acids is 1. The normalized spacial score (nSPS) is 20.6. The molecule has 2 heteroatoms. The average molecular weight is 234 g/mol. The molecule has 1 N–H and O–H groups in total. The van der Waals surface area contributed by atoms with Gasteiger partial charge in [-0.15, -0.1) is 0 Å². The van der Waals surface area contributed by atoms with Gasteiger partial charge >= 0.3 is 5.97 Å². The SMILES string of the molecule is CC(C)=CCC[C@@H](C)[C@@H]1C=CC(C(=O)O)=CC1. The summed E-state index contributed by atoms with van der Waals surface area (Å²) < 4.78 is 0. The van der Waals surface area contributed by atoms with Crippen LogP contribution >= 0.6 is 0 Å². The van der Waals surface area contributed by atoms with Crippen LogP contribution in [0.25, 0.3) is 0 Å². The van der Waals surface area contributed by atoms with Gasteiger partial charge in [0.05, 0.1) is 5.57 Å². The monoisotopic (exact) mass is 234 g/mol. The van der Waals surface area contributed by atoms with Gasteiger partial charge in [0.15, 0.2) is 0 Å². The summed E-state index contributed by atoms with van der Waals surface area (Å²) in [6.07, 6.45) is 11.0. The van der Waals surface area contributed by atoms with Crippen molar-refractivity contribution in [3.63, 3.8) is 0 Å². The van der Waals surface area contributed by atoms with Gasteiger partial charge in [-0.1, -0.05) is 36.8 Å². The highest BCUT2D eigenvalue weighted by atomic mass is 16.4. The van der Waals surface area contributed by atoms with E-state index in [1.807, 2.05) is 6.08 Å². The Balaban J connectivity index is 2.42. The van der Waals surface area contributed by atoms with Crippen LogP contribution in [-0.4, -0.2) is 11.1 Å². The Kier molecular flexibility index (Phi) is 5.20. The van der Waals surface area contributed by atoms with Crippen LogP contribution in [0.2, 0.25) is 0 Å². The van der Waals surface area contributed by atoms with E-state index < -0.39 is 5.97 Å². The molecule has 17 heavy (non-hydrogen) atoms. The molecule has 2 nitrogen and oxygen atoms in total. The molecular formula is C15H22O2. The van der Waals surface area contributed by atoms with Gasteiger partial charge in [-0.25, -0.2) is 4.79 Å². The molecule has 1 aliphatic rings. The summed E-state index contributed by atoms with van der Waals surface area (Å²) in [6, 6.07) is 0. The summed E-state index contributed by atoms with van der Waals surface area (Å²) in [5.74, 6) is 0.272. The van der Waals surface area contributed by atoms with Crippen LogP contribution in [0.15, 0.2) is 35.5 Å². The van der Waals surface area contributed by atoms with E-state index in [9.17, 15) is 4.79 Å². The predicted octanol–water partition coefficient (Wildman–Crippen LogP) is 3.96. The molecule has 0 aliphatic heterocycles. The molecule has 0 aromatic heterocycles. The summed E-state index contributed by atoms with van der Waals surface area (Å²) in [4.78, 5) is 10.8. The lowest BCUT2D eigenvalue weighted by Gasteiger charge is -2.21. The Morgan fingerprint density at radius 3 is 2.76 bits per heavy atom. The fourth-order valence-electron chi connectivity index (χ4n) is 2.07. The van der Waals surface area contributed by atoms with Crippen LogP contribution in [0.5, 0.6) is 0 Å². The standard InChI is InChI=1S/C15H22O2/c1-11(2)5-4-6-12(3)13-7-9-14(10-8-13)15(16)17/h5,7,9-10,12-13H,4,6,8H2,1-3H3,(H,16,17)/t12-,13-/m1/s1. The zero-order valence-electron chi connectivity index (χ0n) is 10.9. The van der Waals surface area contributed by atoms with Crippen LogP contribution in [0.3, 0.4) is 0 Å². The second-order valence-corrected chi connectivity index (χ2v) is 5.06. The van der Waals surface area contributed by atoms with Gasteiger partial charge in [0, 0.05) is 0 Å². The number of hydrogen-bond donors (Lipinski definition) is 1. The highest BCUT2D eigenvalue weighted by Crippen LogP contribution is 2.27. The zero-order chi connectivity index (χ0) is 12.8. The molecule has 0 aromatic rings. The number of carboxylic acid groups (broad SMARTS) is 1. The Morgan fingerprint density at radius 2 is 2.29 bits per heavy atom. The number of hydrogen-bond acceptors (Lipinski definition) is 1. The molecule has 0 saturated heterocycles. The van der Waals surface area contributed by atoms with Crippen molar-refractivity contribution >= 4 is 5.97 Å². The molecule has 1 rings (SSSR count). The van der Waals surface area contributed by atoms with Crippen molar-refractivity contribution in [1.29, 1.82) is 0 Å². The highest BCUT2D eigenvalue weighted by Gasteiger charge is 2.17. The van der Waals surface area contributed by atoms with E-state index in [1.54, 1.807) is 6.08 Å². The quantitative estimate of drug-likeness (QED) is 0.731. The topological polar surface area (TPSA) is 37.3 Å². The summed E-state index contributed by atoms with van der Waals surface area (Å²) in [6.45, 7) is 6.48. The van der Waals surface area contributed by atoms with E-state index in [2.05, 4.69) is 32.9 Å². The fourth-order valence-corrected chi connectivity index (χ4v) is 2.07. The van der Waals surface area contributed by atoms with Crippen molar-refractivity contribution in [2.24, 2.45) is 11.8 Å². The van der Waals surface area contributed by atoms with E-state index in [0.29, 0.717) is 17.4 Å². The smallest absolute Gasteiger partial charge is 0.335 e. The Morgan fingerprint density at radius 1 is 1.59 bits per heavy atom. The maximum atomic E-state index is 10.8. The predicted molar refractivity (Wildman–Crippen MR) is 70.8 cm³/mol. The van der Waals surface area contributed by atoms with Gasteiger partial charge in [0.25, 0.3) is 0 Å². The van der Waals surface area contributed by atoms with Crippen molar-refractivity contribution in [2.75, 3.05) is 0 Å². The number of carbonyl (C=O) groups is 1. The lowest BCUT2D eigenvalue weighted by molar-refractivity contribution is -0.132. The largest absolute Gasteiger partial charge is 0.478 e. The van der Waals surface area contributed by atoms with Crippen LogP contribution in [0.4, 0.5) is 0 Å². The number of carboxylic acids is 1. The van der Waals surface area contributed by atoms with Gasteiger partial charge in [-0.3, -0.25) is 0 Å². The minimum Gasteiger partial charge on any atom is -0.478 e. The zero-order valence-corrected chi connectivity index (χ0v) is 10.9. The summed E-state index contributed by atoms with van der Waals surface area (Å²) >= 11 is 0. The molecule has 0 saturated carbocycles. The van der Waals surface area contributed by atoms with Gasteiger partial charge < -0.3 is 5.11 Å². The molecule has 1 aliphatic carbocycles. The van der Waals surface area contributed by atoms with Crippen molar-refractivity contribution < 1.29 is 9.90 Å². The van der Waals surface area contributed by atoms with Crippen LogP contribution in [-0.2, 0) is 4.79 Å². The second-order valence-electron chi connectivity index (χ2n) is 5.06. The van der Waals surface area contributed by atoms with Crippen LogP contribution < -0.4 is 0 Å². The summed E-state index contributed by atoms with van der Waals surface area (Å²) in [7, 11) is 0. The van der Waals surface area contributed by atoms with Crippen LogP contribution in [0, 0.1) is 11.8 Å². The fraction of sp³-hybridized carbons (Fsp3) is 0.533. The van der Waals surface area contributed by atoms with Gasteiger partial charge in [-0.2, -0.15) is 0 Å². The maximum Gasteiger partial charge on any atom is 0.335 e. The second kappa shape index (κ2) is 6.43. The molecular weight excluding hydrogens is 212 g/mol. The lowest BCUT2D eigenvalue weighted by Crippen LogP contribution is -2.12. The first-order valence-electron chi connectivity index (χ1n) is 6.25. The van der Waals surface area contributed by atoms with E-state index in [-0.39, 0.29) is 0 Å². The molecule has 0 fully saturated rings. The molecule has 0 aromatic carbocycles. The van der Waals surface area contributed by atoms with Crippen LogP contribution in [0.1, 0.15) is 40.0 Å². The minimum atomic E-state index is -0.822. The highest BCUT2D eigenvalue weighted by molar-refractivity contribution is 5.90. The Bertz CT molecular complexity index is 357. The first-order valence-corrected chi connectivity index (χ1v) is 6.25. The van der Waals surface area contributed by atoms with Crippen molar-refractivity contribution in [3.8, 4) is 0 Å². The average Bonchev–Trinajstić information content (AvgIpc) is 2.28. The molecule has 0 amide bonds. The third-order valence-corrected chi connectivity index (χ3v) is 3.29. The lowest BCUT2D eigenvalue weighted by atomic mass is 9.84. The molecule has 0 bridgehead atoms. The van der Waals surface area contributed by atoms with Crippen molar-refractivity contribution in [1.82, 2.24) is 0 Å². The third-order valence-electron chi connectivity index (χ3n) is 3.29. The summed E-state index contributed by atoms with van der Waals surface area (Å²) in [5, 5.41) is 8.84. The molecule has 0 unspecified atom stereocenters. The number of allylic oxidation sites excluding steroid dienone is 4. The van der Waals surface area contributed by atoms with Gasteiger partial charge in [0.2, 0.25) is 0 Å². The molecule has 0 spiro atoms. The van der Waals surface area contributed by atoms with Gasteiger partial charge in [-0.05, 0) is 44.9 Å². The Labute approximate surface area is 104 Å². The van der Waals surface area contributed by atoms with E-state index in [4.69, 9.17) is 5.11 Å². The molecule has 2 atom stereocenters. The molecule has 94 valence electrons. The molecule has 0 radical (unpaired) electrons. The van der Waals surface area contributed by atoms with E-state index >= 15 is 0 Å². The molecule has 0 heterocycles. The third kappa shape index (κ3) is 4.59. The van der Waals surface area contributed by atoms with Crippen molar-refractivity contribution in [2.45, 2.75) is 40.0 Å². The van der Waals surface area contributed by atoms with E-state index in [1.165, 1.54) is 5.57 Å². The first kappa shape index (κ1) is 13.8. The Hall–Kier alpha value is -1.31. The first-order chi connectivity index (χ1) is 8.00. The number of rotatable bonds is 5.